The standard InChI is InChI=1S/C10H9.C9H13.C2H6Si.Zr/c1-8-6-7-9-4-2-3-5-10(8)9;1-9(2,3)8-6-4-5-7-8;1-3-2;/h2-7H,1H3;4,6H,7H2,1-3H3;1-2H3;. The fourth-order valence-electron chi connectivity index (χ4n) is 3.85. The second kappa shape index (κ2) is 6.45. The average Bonchev–Trinajstić information content (AvgIpc) is 3.06. The van der Waals surface area contributed by atoms with Crippen molar-refractivity contribution in [2.75, 3.05) is 0 Å². The Morgan fingerprint density at radius 2 is 1.78 bits per heavy atom. The maximum atomic E-state index is 2.62. The van der Waals surface area contributed by atoms with Gasteiger partial charge in [0.25, 0.3) is 0 Å². The van der Waals surface area contributed by atoms with Gasteiger partial charge in [-0.2, -0.15) is 0 Å². The van der Waals surface area contributed by atoms with Gasteiger partial charge in [0, 0.05) is 0 Å². The fourth-order valence-corrected chi connectivity index (χ4v) is 21.8. The summed E-state index contributed by atoms with van der Waals surface area (Å²) in [4.78, 5) is 0. The minimum atomic E-state index is -1.66. The van der Waals surface area contributed by atoms with E-state index < -0.39 is 20.4 Å². The molecule has 1 aromatic carbocycles. The number of benzene rings is 1. The van der Waals surface area contributed by atoms with Gasteiger partial charge >= 0.3 is 150 Å². The van der Waals surface area contributed by atoms with Gasteiger partial charge in [0.2, 0.25) is 0 Å². The Morgan fingerprint density at radius 3 is 2.39 bits per heavy atom. The molecule has 0 saturated heterocycles. The summed E-state index contributed by atoms with van der Waals surface area (Å²) in [5.41, 5.74) is 6.40. The van der Waals surface area contributed by atoms with Crippen LogP contribution in [0.25, 0.3) is 5.57 Å². The summed E-state index contributed by atoms with van der Waals surface area (Å²) in [5, 5.41) is 0. The second-order valence-corrected chi connectivity index (χ2v) is 25.8. The van der Waals surface area contributed by atoms with Crippen molar-refractivity contribution in [2.45, 2.75) is 50.8 Å². The summed E-state index contributed by atoms with van der Waals surface area (Å²) in [6, 6.07) is 9.14. The number of allylic oxidation sites excluding steroid dienone is 6. The quantitative estimate of drug-likeness (QED) is 0.514. The van der Waals surface area contributed by atoms with Crippen LogP contribution in [0, 0.1) is 5.41 Å². The first-order valence-corrected chi connectivity index (χ1v) is 17.5. The molecule has 0 N–H and O–H groups in total. The summed E-state index contributed by atoms with van der Waals surface area (Å²) in [6.07, 6.45) is 8.85. The molecule has 0 aromatic heterocycles. The number of hydrogen-bond acceptors (Lipinski definition) is 0. The van der Waals surface area contributed by atoms with E-state index >= 15 is 0 Å². The van der Waals surface area contributed by atoms with Crippen LogP contribution in [0.2, 0.25) is 13.1 Å². The molecule has 0 bridgehead atoms. The average molecular weight is 400 g/mol. The van der Waals surface area contributed by atoms with Gasteiger partial charge < -0.3 is 0 Å². The normalized spacial score (nSPS) is 19.9. The first-order valence-electron chi connectivity index (χ1n) is 8.64. The topological polar surface area (TPSA) is 0 Å². The van der Waals surface area contributed by atoms with E-state index in [9.17, 15) is 0 Å². The Labute approximate surface area is 149 Å². The van der Waals surface area contributed by atoms with Crippen LogP contribution in [0.3, 0.4) is 0 Å². The molecule has 3 rings (SSSR count). The number of fused-ring (bicyclic) bond motifs is 1. The van der Waals surface area contributed by atoms with Crippen LogP contribution in [-0.4, -0.2) is 5.43 Å². The minimum absolute atomic E-state index is 0.221. The van der Waals surface area contributed by atoms with E-state index in [2.05, 4.69) is 83.3 Å². The van der Waals surface area contributed by atoms with Crippen molar-refractivity contribution in [1.29, 1.82) is 0 Å². The molecule has 2 aliphatic carbocycles. The molecule has 120 valence electrons. The zero-order valence-electron chi connectivity index (χ0n) is 15.3. The molecule has 0 radical (unpaired) electrons. The summed E-state index contributed by atoms with van der Waals surface area (Å²) in [5.74, 6) is 0. The van der Waals surface area contributed by atoms with Crippen LogP contribution in [0.4, 0.5) is 0 Å². The van der Waals surface area contributed by atoms with Crippen molar-refractivity contribution in [3.63, 3.8) is 0 Å². The van der Waals surface area contributed by atoms with Crippen molar-refractivity contribution in [3.05, 3.63) is 62.5 Å². The maximum absolute atomic E-state index is 2.62. The molecule has 0 saturated carbocycles. The summed E-state index contributed by atoms with van der Waals surface area (Å²) >= 11 is -1.66. The first-order chi connectivity index (χ1) is 10.8. The molecular formula is C21H28SiZr. The summed E-state index contributed by atoms with van der Waals surface area (Å²) < 4.78 is 2.64. The van der Waals surface area contributed by atoms with Crippen molar-refractivity contribution in [1.82, 2.24) is 0 Å². The van der Waals surface area contributed by atoms with Gasteiger partial charge in [-0.25, -0.2) is 0 Å². The monoisotopic (exact) mass is 398 g/mol. The van der Waals surface area contributed by atoms with Crippen LogP contribution < -0.4 is 0 Å². The molecule has 0 heterocycles. The Bertz CT molecular complexity index is 765. The molecule has 1 unspecified atom stereocenters. The van der Waals surface area contributed by atoms with E-state index in [0.29, 0.717) is 5.41 Å². The van der Waals surface area contributed by atoms with Gasteiger partial charge in [0.15, 0.2) is 0 Å². The Hall–Kier alpha value is -0.460. The predicted octanol–water partition coefficient (Wildman–Crippen LogP) is 6.27. The number of hydrogen-bond donors (Lipinski definition) is 0. The molecule has 2 aliphatic rings. The Morgan fingerprint density at radius 1 is 1.09 bits per heavy atom. The van der Waals surface area contributed by atoms with Crippen molar-refractivity contribution < 1.29 is 20.4 Å². The fraction of sp³-hybridized carbons (Fsp3) is 0.429. The van der Waals surface area contributed by atoms with Crippen molar-refractivity contribution >= 4 is 11.0 Å². The summed E-state index contributed by atoms with van der Waals surface area (Å²) in [7, 11) is 0. The third-order valence-electron chi connectivity index (χ3n) is 5.16. The Balaban J connectivity index is 1.97. The zero-order valence-corrected chi connectivity index (χ0v) is 18.8. The molecule has 2 heteroatoms. The zero-order chi connectivity index (χ0) is 16.8. The van der Waals surface area contributed by atoms with Crippen LogP contribution in [0.1, 0.15) is 48.9 Å². The van der Waals surface area contributed by atoms with Crippen LogP contribution >= 0.6 is 0 Å². The van der Waals surface area contributed by atoms with Gasteiger partial charge in [-0.1, -0.05) is 0 Å². The van der Waals surface area contributed by atoms with Gasteiger partial charge in [-0.3, -0.25) is 0 Å². The molecule has 1 aromatic rings. The first kappa shape index (κ1) is 17.4. The van der Waals surface area contributed by atoms with Gasteiger partial charge in [-0.15, -0.1) is 0 Å². The third-order valence-corrected chi connectivity index (χ3v) is 23.2. The molecule has 0 fully saturated rings. The third kappa shape index (κ3) is 3.35. The van der Waals surface area contributed by atoms with Crippen LogP contribution in [0.15, 0.2) is 51.3 Å². The predicted molar refractivity (Wildman–Crippen MR) is 101 cm³/mol. The van der Waals surface area contributed by atoms with Gasteiger partial charge in [-0.05, 0) is 0 Å². The van der Waals surface area contributed by atoms with Crippen molar-refractivity contribution in [3.8, 4) is 0 Å². The molecular weight excluding hydrogens is 372 g/mol. The van der Waals surface area contributed by atoms with Crippen LogP contribution in [0.5, 0.6) is 0 Å². The molecule has 0 spiro atoms. The van der Waals surface area contributed by atoms with Gasteiger partial charge in [0.1, 0.15) is 0 Å². The molecule has 0 amide bonds. The SMILES string of the molecule is CC1=C[CH]([Zr]([C]2=CC=C(C(C)(C)C)C2)=[Si](C)C)c2ccccc21. The van der Waals surface area contributed by atoms with Gasteiger partial charge in [0.05, 0.1) is 0 Å². The van der Waals surface area contributed by atoms with E-state index in [-0.39, 0.29) is 5.43 Å². The molecule has 0 nitrogen and oxygen atoms in total. The molecule has 0 aliphatic heterocycles. The van der Waals surface area contributed by atoms with Crippen LogP contribution in [-0.2, 0) is 20.4 Å². The summed E-state index contributed by atoms with van der Waals surface area (Å²) in [6.45, 7) is 14.5. The van der Waals surface area contributed by atoms with Crippen molar-refractivity contribution in [2.24, 2.45) is 5.41 Å². The van der Waals surface area contributed by atoms with E-state index in [0.717, 1.165) is 3.63 Å². The van der Waals surface area contributed by atoms with E-state index in [1.807, 2.05) is 3.28 Å². The number of rotatable bonds is 2. The molecule has 23 heavy (non-hydrogen) atoms. The second-order valence-electron chi connectivity index (χ2n) is 8.14. The molecule has 1 atom stereocenters. The van der Waals surface area contributed by atoms with E-state index in [1.54, 1.807) is 11.1 Å². The van der Waals surface area contributed by atoms with E-state index in [1.165, 1.54) is 17.6 Å². The Kier molecular flexibility index (Phi) is 4.87. The van der Waals surface area contributed by atoms with E-state index in [4.69, 9.17) is 0 Å².